The second-order valence-electron chi connectivity index (χ2n) is 4.21. The largest absolute Gasteiger partial charge is 0.497 e. The van der Waals surface area contributed by atoms with Crippen molar-refractivity contribution >= 4 is 0 Å². The Hall–Kier alpha value is -1.26. The van der Waals surface area contributed by atoms with Gasteiger partial charge < -0.3 is 19.5 Å². The first kappa shape index (κ1) is 12.2. The number of hydrogen-bond donors (Lipinski definition) is 1. The van der Waals surface area contributed by atoms with Gasteiger partial charge in [-0.05, 0) is 25.1 Å². The van der Waals surface area contributed by atoms with Crippen molar-refractivity contribution in [2.75, 3.05) is 27.4 Å². The van der Waals surface area contributed by atoms with Crippen LogP contribution in [0.4, 0.5) is 0 Å². The van der Waals surface area contributed by atoms with Gasteiger partial charge in [0.05, 0.1) is 33.0 Å². The molecule has 1 heterocycles. The maximum absolute atomic E-state index is 5.66. The minimum atomic E-state index is 0.163. The van der Waals surface area contributed by atoms with Crippen LogP contribution >= 0.6 is 0 Å². The van der Waals surface area contributed by atoms with E-state index in [1.165, 1.54) is 0 Å². The number of hydrogen-bond acceptors (Lipinski definition) is 4. The molecule has 0 aromatic heterocycles. The van der Waals surface area contributed by atoms with Crippen LogP contribution in [-0.2, 0) is 4.74 Å². The lowest BCUT2D eigenvalue weighted by Crippen LogP contribution is -2.39. The summed E-state index contributed by atoms with van der Waals surface area (Å²) in [5, 5.41) is 3.45. The number of ether oxygens (including phenoxy) is 3. The summed E-state index contributed by atoms with van der Waals surface area (Å²) in [7, 11) is 3.34. The lowest BCUT2D eigenvalue weighted by atomic mass is 10.0. The van der Waals surface area contributed by atoms with Crippen molar-refractivity contribution in [3.05, 3.63) is 23.8 Å². The van der Waals surface area contributed by atoms with Crippen molar-refractivity contribution in [1.82, 2.24) is 5.32 Å². The molecule has 4 nitrogen and oxygen atoms in total. The molecule has 4 heteroatoms. The van der Waals surface area contributed by atoms with Gasteiger partial charge in [0.15, 0.2) is 0 Å². The Morgan fingerprint density at radius 3 is 2.71 bits per heavy atom. The molecule has 0 aliphatic carbocycles. The molecule has 1 aromatic carbocycles. The second-order valence-corrected chi connectivity index (χ2v) is 4.21. The Labute approximate surface area is 102 Å². The molecular formula is C13H19NO3. The highest BCUT2D eigenvalue weighted by atomic mass is 16.5. The van der Waals surface area contributed by atoms with E-state index in [-0.39, 0.29) is 12.1 Å². The second kappa shape index (κ2) is 5.38. The topological polar surface area (TPSA) is 39.7 Å². The van der Waals surface area contributed by atoms with Crippen molar-refractivity contribution < 1.29 is 14.2 Å². The third-order valence-electron chi connectivity index (χ3n) is 3.01. The summed E-state index contributed by atoms with van der Waals surface area (Å²) in [4.78, 5) is 0. The van der Waals surface area contributed by atoms with E-state index in [4.69, 9.17) is 14.2 Å². The smallest absolute Gasteiger partial charge is 0.123 e. The van der Waals surface area contributed by atoms with Gasteiger partial charge in [0, 0.05) is 12.1 Å². The van der Waals surface area contributed by atoms with Crippen molar-refractivity contribution in [3.63, 3.8) is 0 Å². The Bertz CT molecular complexity index is 373. The van der Waals surface area contributed by atoms with E-state index in [0.29, 0.717) is 6.61 Å². The quantitative estimate of drug-likeness (QED) is 0.869. The van der Waals surface area contributed by atoms with Gasteiger partial charge in [0.1, 0.15) is 11.5 Å². The van der Waals surface area contributed by atoms with Crippen LogP contribution in [0.15, 0.2) is 18.2 Å². The maximum Gasteiger partial charge on any atom is 0.123 e. The van der Waals surface area contributed by atoms with Gasteiger partial charge in [-0.1, -0.05) is 0 Å². The summed E-state index contributed by atoms with van der Waals surface area (Å²) in [6, 6.07) is 5.98. The third-order valence-corrected chi connectivity index (χ3v) is 3.01. The van der Waals surface area contributed by atoms with Crippen molar-refractivity contribution in [2.45, 2.75) is 19.1 Å². The predicted molar refractivity (Wildman–Crippen MR) is 65.7 cm³/mol. The Morgan fingerprint density at radius 1 is 1.29 bits per heavy atom. The van der Waals surface area contributed by atoms with E-state index in [2.05, 4.69) is 12.2 Å². The molecule has 0 spiro atoms. The molecule has 1 N–H and O–H groups in total. The van der Waals surface area contributed by atoms with E-state index in [0.717, 1.165) is 23.6 Å². The lowest BCUT2D eigenvalue weighted by Gasteiger charge is -2.29. The minimum absolute atomic E-state index is 0.163. The first-order chi connectivity index (χ1) is 8.24. The normalized spacial score (nSPS) is 24.4. The number of rotatable bonds is 3. The monoisotopic (exact) mass is 237 g/mol. The zero-order valence-electron chi connectivity index (χ0n) is 10.5. The van der Waals surface area contributed by atoms with Crippen LogP contribution in [0.25, 0.3) is 0 Å². The van der Waals surface area contributed by atoms with Gasteiger partial charge in [-0.25, -0.2) is 0 Å². The molecule has 94 valence electrons. The van der Waals surface area contributed by atoms with Gasteiger partial charge in [-0.2, -0.15) is 0 Å². The van der Waals surface area contributed by atoms with Crippen LogP contribution in [0.1, 0.15) is 18.5 Å². The molecule has 0 amide bonds. The minimum Gasteiger partial charge on any atom is -0.497 e. The van der Waals surface area contributed by atoms with Crippen LogP contribution in [0.2, 0.25) is 0 Å². The fourth-order valence-corrected chi connectivity index (χ4v) is 2.00. The van der Waals surface area contributed by atoms with Crippen LogP contribution in [0, 0.1) is 0 Å². The summed E-state index contributed by atoms with van der Waals surface area (Å²) >= 11 is 0. The standard InChI is InChI=1S/C13H19NO3/c1-9-7-14-12(8-17-9)11-6-10(15-2)4-5-13(11)16-3/h4-6,9,12,14H,7-8H2,1-3H3. The number of methoxy groups -OCH3 is 2. The Balaban J connectivity index is 2.23. The lowest BCUT2D eigenvalue weighted by molar-refractivity contribution is 0.0144. The molecular weight excluding hydrogens is 218 g/mol. The average molecular weight is 237 g/mol. The Morgan fingerprint density at radius 2 is 2.12 bits per heavy atom. The van der Waals surface area contributed by atoms with Gasteiger partial charge in [0.2, 0.25) is 0 Å². The fraction of sp³-hybridized carbons (Fsp3) is 0.538. The highest BCUT2D eigenvalue weighted by Crippen LogP contribution is 2.30. The first-order valence-corrected chi connectivity index (χ1v) is 5.81. The van der Waals surface area contributed by atoms with Crippen LogP contribution in [0.5, 0.6) is 11.5 Å². The molecule has 1 saturated heterocycles. The summed E-state index contributed by atoms with van der Waals surface area (Å²) in [5.41, 5.74) is 1.08. The number of benzene rings is 1. The van der Waals surface area contributed by atoms with E-state index in [9.17, 15) is 0 Å². The van der Waals surface area contributed by atoms with Gasteiger partial charge in [0.25, 0.3) is 0 Å². The third kappa shape index (κ3) is 2.70. The van der Waals surface area contributed by atoms with E-state index in [1.807, 2.05) is 18.2 Å². The van der Waals surface area contributed by atoms with Crippen LogP contribution in [-0.4, -0.2) is 33.5 Å². The van der Waals surface area contributed by atoms with E-state index in [1.54, 1.807) is 14.2 Å². The number of nitrogens with one attached hydrogen (secondary N) is 1. The number of morpholine rings is 1. The molecule has 2 unspecified atom stereocenters. The van der Waals surface area contributed by atoms with Crippen molar-refractivity contribution in [2.24, 2.45) is 0 Å². The van der Waals surface area contributed by atoms with E-state index < -0.39 is 0 Å². The highest BCUT2D eigenvalue weighted by Gasteiger charge is 2.22. The zero-order valence-corrected chi connectivity index (χ0v) is 10.5. The van der Waals surface area contributed by atoms with Crippen molar-refractivity contribution in [3.8, 4) is 11.5 Å². The maximum atomic E-state index is 5.66. The summed E-state index contributed by atoms with van der Waals surface area (Å²) < 4.78 is 16.3. The molecule has 17 heavy (non-hydrogen) atoms. The molecule has 1 aliphatic rings. The Kier molecular flexibility index (Phi) is 3.86. The van der Waals surface area contributed by atoms with E-state index >= 15 is 0 Å². The zero-order chi connectivity index (χ0) is 12.3. The van der Waals surface area contributed by atoms with Gasteiger partial charge in [-0.15, -0.1) is 0 Å². The average Bonchev–Trinajstić information content (AvgIpc) is 2.39. The highest BCUT2D eigenvalue weighted by molar-refractivity contribution is 5.42. The fourth-order valence-electron chi connectivity index (χ4n) is 2.00. The molecule has 1 fully saturated rings. The van der Waals surface area contributed by atoms with Crippen LogP contribution in [0.3, 0.4) is 0 Å². The van der Waals surface area contributed by atoms with Crippen LogP contribution < -0.4 is 14.8 Å². The SMILES string of the molecule is COc1ccc(OC)c(C2COC(C)CN2)c1. The van der Waals surface area contributed by atoms with Crippen molar-refractivity contribution in [1.29, 1.82) is 0 Å². The first-order valence-electron chi connectivity index (χ1n) is 5.81. The molecule has 2 rings (SSSR count). The van der Waals surface area contributed by atoms with Gasteiger partial charge in [-0.3, -0.25) is 0 Å². The molecule has 2 atom stereocenters. The summed E-state index contributed by atoms with van der Waals surface area (Å²) in [6.07, 6.45) is 0.267. The molecule has 1 aromatic rings. The molecule has 0 saturated carbocycles. The molecule has 0 radical (unpaired) electrons. The summed E-state index contributed by atoms with van der Waals surface area (Å²) in [6.45, 7) is 3.57. The molecule has 0 bridgehead atoms. The predicted octanol–water partition coefficient (Wildman–Crippen LogP) is 1.75. The summed E-state index contributed by atoms with van der Waals surface area (Å²) in [5.74, 6) is 1.70. The molecule has 1 aliphatic heterocycles. The van der Waals surface area contributed by atoms with Gasteiger partial charge >= 0.3 is 0 Å².